The molecule has 0 aliphatic heterocycles. The van der Waals surface area contributed by atoms with Gasteiger partial charge in [0, 0.05) is 41.5 Å². The largest absolute Gasteiger partial charge is 0.368 e. The van der Waals surface area contributed by atoms with Gasteiger partial charge < -0.3 is 10.6 Å². The number of nitrogens with zero attached hydrogens (tertiary/aromatic N) is 1. The van der Waals surface area contributed by atoms with E-state index in [2.05, 4.69) is 15.6 Å². The van der Waals surface area contributed by atoms with Crippen molar-refractivity contribution in [3.8, 4) is 0 Å². The molecule has 114 valence electrons. The summed E-state index contributed by atoms with van der Waals surface area (Å²) >= 11 is 0. The number of pyridine rings is 1. The first-order valence-corrected chi connectivity index (χ1v) is 8.33. The lowest BCUT2D eigenvalue weighted by atomic mass is 10.2. The van der Waals surface area contributed by atoms with Crippen molar-refractivity contribution in [2.75, 3.05) is 29.2 Å². The van der Waals surface area contributed by atoms with Crippen LogP contribution in [0.5, 0.6) is 0 Å². The maximum absolute atomic E-state index is 13.7. The van der Waals surface area contributed by atoms with E-state index in [4.69, 9.17) is 0 Å². The van der Waals surface area contributed by atoms with Crippen molar-refractivity contribution >= 4 is 22.4 Å². The monoisotopic (exact) mass is 305 g/mol. The number of hydrogen-bond donors (Lipinski definition) is 2. The van der Waals surface area contributed by atoms with Gasteiger partial charge in [-0.2, -0.15) is 0 Å². The highest BCUT2D eigenvalue weighted by Crippen LogP contribution is 2.20. The molecule has 0 aliphatic rings. The molecule has 0 saturated carbocycles. The van der Waals surface area contributed by atoms with E-state index in [1.54, 1.807) is 6.26 Å². The fourth-order valence-electron chi connectivity index (χ4n) is 1.58. The predicted octanol–water partition coefficient (Wildman–Crippen LogP) is 2.75. The van der Waals surface area contributed by atoms with Gasteiger partial charge in [-0.1, -0.05) is 6.92 Å². The first-order chi connectivity index (χ1) is 9.43. The van der Waals surface area contributed by atoms with E-state index in [9.17, 15) is 13.0 Å². The van der Waals surface area contributed by atoms with Crippen LogP contribution < -0.4 is 10.6 Å². The third-order valence-corrected chi connectivity index (χ3v) is 3.50. The lowest BCUT2D eigenvalue weighted by Crippen LogP contribution is -2.20. The van der Waals surface area contributed by atoms with Gasteiger partial charge in [0.15, 0.2) is 23.3 Å². The van der Waals surface area contributed by atoms with Crippen LogP contribution in [0.3, 0.4) is 0 Å². The van der Waals surface area contributed by atoms with Crippen LogP contribution in [0.1, 0.15) is 26.7 Å². The van der Waals surface area contributed by atoms with E-state index in [0.29, 0.717) is 18.7 Å². The molecular weight excluding hydrogens is 284 g/mol. The standard InChI is InChI=1S/C13H21F2N3OS/c1-4-6-16-12-10(14)8-11(15)13(18-12)17-9(2)5-7-20(3)19/h8-9H,4-7H2,1-3H3,(H2,16,17,18). The quantitative estimate of drug-likeness (QED) is 0.775. The molecule has 2 unspecified atom stereocenters. The van der Waals surface area contributed by atoms with Crippen LogP contribution in [0.4, 0.5) is 20.4 Å². The van der Waals surface area contributed by atoms with Gasteiger partial charge in [0.2, 0.25) is 0 Å². The average molecular weight is 305 g/mol. The molecule has 4 nitrogen and oxygen atoms in total. The SMILES string of the molecule is CCCNc1nc(NC(C)CCS(C)=O)c(F)cc1F. The number of halogens is 2. The number of aromatic nitrogens is 1. The summed E-state index contributed by atoms with van der Waals surface area (Å²) in [5.74, 6) is -0.850. The summed E-state index contributed by atoms with van der Waals surface area (Å²) in [6, 6.07) is 0.725. The molecule has 2 atom stereocenters. The molecule has 0 radical (unpaired) electrons. The van der Waals surface area contributed by atoms with E-state index < -0.39 is 22.4 Å². The second-order valence-electron chi connectivity index (χ2n) is 4.69. The van der Waals surface area contributed by atoms with Crippen LogP contribution in [0.25, 0.3) is 0 Å². The summed E-state index contributed by atoms with van der Waals surface area (Å²) in [4.78, 5) is 3.93. The molecular formula is C13H21F2N3OS. The van der Waals surface area contributed by atoms with Crippen LogP contribution in [-0.2, 0) is 10.8 Å². The van der Waals surface area contributed by atoms with Crippen LogP contribution >= 0.6 is 0 Å². The molecule has 1 rings (SSSR count). The number of nitrogens with one attached hydrogen (secondary N) is 2. The van der Waals surface area contributed by atoms with E-state index in [0.717, 1.165) is 12.5 Å². The minimum Gasteiger partial charge on any atom is -0.368 e. The Kier molecular flexibility index (Phi) is 6.84. The minimum atomic E-state index is -0.888. The third kappa shape index (κ3) is 5.40. The first kappa shape index (κ1) is 16.8. The van der Waals surface area contributed by atoms with Crippen molar-refractivity contribution in [2.45, 2.75) is 32.7 Å². The van der Waals surface area contributed by atoms with Crippen molar-refractivity contribution in [1.82, 2.24) is 4.98 Å². The molecule has 0 saturated heterocycles. The number of hydrogen-bond acceptors (Lipinski definition) is 4. The molecule has 1 aromatic rings. The highest BCUT2D eigenvalue weighted by Gasteiger charge is 2.13. The van der Waals surface area contributed by atoms with Crippen LogP contribution in [-0.4, -0.2) is 33.8 Å². The summed E-state index contributed by atoms with van der Waals surface area (Å²) in [7, 11) is -0.888. The first-order valence-electron chi connectivity index (χ1n) is 6.60. The summed E-state index contributed by atoms with van der Waals surface area (Å²) in [6.45, 7) is 4.36. The van der Waals surface area contributed by atoms with Gasteiger partial charge in [-0.15, -0.1) is 0 Å². The topological polar surface area (TPSA) is 54.0 Å². The Labute approximate surface area is 120 Å². The molecule has 0 amide bonds. The zero-order valence-corrected chi connectivity index (χ0v) is 12.8. The van der Waals surface area contributed by atoms with Crippen molar-refractivity contribution in [3.63, 3.8) is 0 Å². The molecule has 20 heavy (non-hydrogen) atoms. The van der Waals surface area contributed by atoms with Crippen molar-refractivity contribution < 1.29 is 13.0 Å². The highest BCUT2D eigenvalue weighted by atomic mass is 32.2. The Balaban J connectivity index is 2.75. The molecule has 1 aromatic heterocycles. The zero-order valence-electron chi connectivity index (χ0n) is 12.0. The molecule has 2 N–H and O–H groups in total. The van der Waals surface area contributed by atoms with Crippen molar-refractivity contribution in [2.24, 2.45) is 0 Å². The molecule has 0 spiro atoms. The van der Waals surface area contributed by atoms with Gasteiger partial charge in [-0.3, -0.25) is 4.21 Å². The number of anilines is 2. The maximum atomic E-state index is 13.7. The lowest BCUT2D eigenvalue weighted by molar-refractivity contribution is 0.575. The van der Waals surface area contributed by atoms with E-state index >= 15 is 0 Å². The molecule has 0 aliphatic carbocycles. The minimum absolute atomic E-state index is 0.0133. The van der Waals surface area contributed by atoms with Crippen molar-refractivity contribution in [1.29, 1.82) is 0 Å². The van der Waals surface area contributed by atoms with E-state index in [1.165, 1.54) is 0 Å². The lowest BCUT2D eigenvalue weighted by Gasteiger charge is -2.16. The van der Waals surface area contributed by atoms with E-state index in [-0.39, 0.29) is 17.7 Å². The molecule has 0 aromatic carbocycles. The highest BCUT2D eigenvalue weighted by molar-refractivity contribution is 7.84. The van der Waals surface area contributed by atoms with Crippen LogP contribution in [0, 0.1) is 11.6 Å². The summed E-state index contributed by atoms with van der Waals surface area (Å²) in [5, 5.41) is 5.69. The van der Waals surface area contributed by atoms with Gasteiger partial charge in [-0.25, -0.2) is 13.8 Å². The summed E-state index contributed by atoms with van der Waals surface area (Å²) in [5.41, 5.74) is 0. The molecule has 0 bridgehead atoms. The Morgan fingerprint density at radius 2 is 2.00 bits per heavy atom. The van der Waals surface area contributed by atoms with Gasteiger partial charge >= 0.3 is 0 Å². The van der Waals surface area contributed by atoms with Gasteiger partial charge in [0.1, 0.15) is 0 Å². The second kappa shape index (κ2) is 8.14. The molecule has 7 heteroatoms. The maximum Gasteiger partial charge on any atom is 0.168 e. The summed E-state index contributed by atoms with van der Waals surface area (Å²) < 4.78 is 38.2. The summed E-state index contributed by atoms with van der Waals surface area (Å²) in [6.07, 6.45) is 3.07. The Hall–Kier alpha value is -1.24. The fraction of sp³-hybridized carbons (Fsp3) is 0.615. The average Bonchev–Trinajstić information content (AvgIpc) is 2.38. The Morgan fingerprint density at radius 3 is 2.60 bits per heavy atom. The molecule has 1 heterocycles. The third-order valence-electron chi connectivity index (χ3n) is 2.69. The van der Waals surface area contributed by atoms with Crippen molar-refractivity contribution in [3.05, 3.63) is 17.7 Å². The fourth-order valence-corrected chi connectivity index (χ4v) is 2.27. The Morgan fingerprint density at radius 1 is 1.35 bits per heavy atom. The van der Waals surface area contributed by atoms with Crippen LogP contribution in [0.2, 0.25) is 0 Å². The smallest absolute Gasteiger partial charge is 0.168 e. The Bertz CT molecular complexity index is 471. The second-order valence-corrected chi connectivity index (χ2v) is 6.24. The van der Waals surface area contributed by atoms with Gasteiger partial charge in [0.05, 0.1) is 0 Å². The zero-order chi connectivity index (χ0) is 15.1. The van der Waals surface area contributed by atoms with Crippen LogP contribution in [0.15, 0.2) is 6.07 Å². The number of rotatable bonds is 8. The van der Waals surface area contributed by atoms with E-state index in [1.807, 2.05) is 13.8 Å². The molecule has 0 fully saturated rings. The normalized spacial score (nSPS) is 13.8. The predicted molar refractivity (Wildman–Crippen MR) is 79.6 cm³/mol. The van der Waals surface area contributed by atoms with Gasteiger partial charge in [0.25, 0.3) is 0 Å². The van der Waals surface area contributed by atoms with Gasteiger partial charge in [-0.05, 0) is 19.8 Å².